The molecule has 4 amide bonds. The van der Waals surface area contributed by atoms with Crippen molar-refractivity contribution < 1.29 is 9.59 Å². The summed E-state index contributed by atoms with van der Waals surface area (Å²) in [5.74, 6) is 0. The minimum Gasteiger partial charge on any atom is -0.350 e. The highest BCUT2D eigenvalue weighted by atomic mass is 16.2. The Morgan fingerprint density at radius 3 is 2.65 bits per heavy atom. The first-order chi connectivity index (χ1) is 8.20. The second-order valence-electron chi connectivity index (χ2n) is 4.37. The molecule has 7 heteroatoms. The van der Waals surface area contributed by atoms with Crippen molar-refractivity contribution in [2.45, 2.75) is 25.3 Å². The number of hydrazine groups is 1. The van der Waals surface area contributed by atoms with Crippen LogP contribution in [0.25, 0.3) is 0 Å². The van der Waals surface area contributed by atoms with Crippen LogP contribution in [0.3, 0.4) is 0 Å². The molecule has 2 aliphatic rings. The maximum atomic E-state index is 11.7. The molecule has 0 unspecified atom stereocenters. The van der Waals surface area contributed by atoms with E-state index in [0.717, 1.165) is 32.4 Å². The summed E-state index contributed by atoms with van der Waals surface area (Å²) >= 11 is 0. The smallest absolute Gasteiger partial charge is 0.336 e. The standard InChI is InChI=1S/C10H19N5O2/c11-9(16)15(8-2-5-12-6-3-8)14-7-1-4-13-10(14)17/h8,12H,1-7H2,(H2,11,16)(H,13,17). The summed E-state index contributed by atoms with van der Waals surface area (Å²) in [6.07, 6.45) is 2.49. The van der Waals surface area contributed by atoms with E-state index in [0.29, 0.717) is 13.1 Å². The summed E-state index contributed by atoms with van der Waals surface area (Å²) in [4.78, 5) is 23.3. The second kappa shape index (κ2) is 5.22. The average molecular weight is 241 g/mol. The second-order valence-corrected chi connectivity index (χ2v) is 4.37. The van der Waals surface area contributed by atoms with Gasteiger partial charge in [-0.05, 0) is 32.4 Å². The number of urea groups is 2. The van der Waals surface area contributed by atoms with Gasteiger partial charge in [-0.25, -0.2) is 19.6 Å². The lowest BCUT2D eigenvalue weighted by Crippen LogP contribution is -2.62. The van der Waals surface area contributed by atoms with Crippen LogP contribution in [0.2, 0.25) is 0 Å². The van der Waals surface area contributed by atoms with Crippen LogP contribution in [0.1, 0.15) is 19.3 Å². The fourth-order valence-electron chi connectivity index (χ4n) is 2.37. The highest BCUT2D eigenvalue weighted by molar-refractivity contribution is 5.80. The topological polar surface area (TPSA) is 90.7 Å². The Bertz CT molecular complexity index is 303. The number of hydrogen-bond acceptors (Lipinski definition) is 3. The van der Waals surface area contributed by atoms with E-state index in [-0.39, 0.29) is 12.1 Å². The number of piperidine rings is 1. The average Bonchev–Trinajstić information content (AvgIpc) is 2.33. The third-order valence-corrected chi connectivity index (χ3v) is 3.20. The molecule has 2 fully saturated rings. The maximum absolute atomic E-state index is 11.7. The predicted octanol–water partition coefficient (Wildman–Crippen LogP) is -0.551. The van der Waals surface area contributed by atoms with Crippen LogP contribution >= 0.6 is 0 Å². The maximum Gasteiger partial charge on any atom is 0.336 e. The molecule has 7 nitrogen and oxygen atoms in total. The fraction of sp³-hybridized carbons (Fsp3) is 0.800. The van der Waals surface area contributed by atoms with Gasteiger partial charge in [-0.3, -0.25) is 0 Å². The number of rotatable bonds is 2. The van der Waals surface area contributed by atoms with E-state index < -0.39 is 6.03 Å². The van der Waals surface area contributed by atoms with E-state index >= 15 is 0 Å². The van der Waals surface area contributed by atoms with Gasteiger partial charge in [-0.1, -0.05) is 0 Å². The molecule has 2 saturated heterocycles. The van der Waals surface area contributed by atoms with E-state index in [1.54, 1.807) is 0 Å². The fourth-order valence-corrected chi connectivity index (χ4v) is 2.37. The van der Waals surface area contributed by atoms with Gasteiger partial charge < -0.3 is 16.4 Å². The number of hydrogen-bond donors (Lipinski definition) is 3. The Kier molecular flexibility index (Phi) is 3.68. The van der Waals surface area contributed by atoms with Gasteiger partial charge in [0.15, 0.2) is 0 Å². The van der Waals surface area contributed by atoms with Crippen molar-refractivity contribution in [1.82, 2.24) is 20.7 Å². The van der Waals surface area contributed by atoms with Crippen molar-refractivity contribution in [3.05, 3.63) is 0 Å². The molecule has 96 valence electrons. The highest BCUT2D eigenvalue weighted by Crippen LogP contribution is 2.16. The van der Waals surface area contributed by atoms with Crippen molar-refractivity contribution >= 4 is 12.1 Å². The molecule has 0 saturated carbocycles. The summed E-state index contributed by atoms with van der Waals surface area (Å²) in [5, 5.41) is 8.83. The minimum atomic E-state index is -0.547. The van der Waals surface area contributed by atoms with E-state index in [1.165, 1.54) is 10.0 Å². The van der Waals surface area contributed by atoms with Crippen LogP contribution in [0, 0.1) is 0 Å². The normalized spacial score (nSPS) is 22.1. The zero-order valence-corrected chi connectivity index (χ0v) is 9.82. The molecular weight excluding hydrogens is 222 g/mol. The Balaban J connectivity index is 2.09. The predicted molar refractivity (Wildman–Crippen MR) is 62.0 cm³/mol. The van der Waals surface area contributed by atoms with Crippen LogP contribution in [0.15, 0.2) is 0 Å². The Labute approximate surface area is 100 Å². The Morgan fingerprint density at radius 2 is 2.06 bits per heavy atom. The lowest BCUT2D eigenvalue weighted by molar-refractivity contribution is 0.000739. The summed E-state index contributed by atoms with van der Waals surface area (Å²) in [6.45, 7) is 2.92. The molecule has 17 heavy (non-hydrogen) atoms. The highest BCUT2D eigenvalue weighted by Gasteiger charge is 2.33. The van der Waals surface area contributed by atoms with Crippen LogP contribution in [-0.4, -0.2) is 54.3 Å². The van der Waals surface area contributed by atoms with Gasteiger partial charge in [-0.2, -0.15) is 0 Å². The lowest BCUT2D eigenvalue weighted by atomic mass is 10.1. The van der Waals surface area contributed by atoms with Gasteiger partial charge in [0.1, 0.15) is 0 Å². The van der Waals surface area contributed by atoms with E-state index in [1.807, 2.05) is 0 Å². The molecule has 0 aromatic carbocycles. The monoisotopic (exact) mass is 241 g/mol. The third kappa shape index (κ3) is 2.60. The van der Waals surface area contributed by atoms with Gasteiger partial charge in [0.25, 0.3) is 0 Å². The minimum absolute atomic E-state index is 0.0256. The number of nitrogens with one attached hydrogen (secondary N) is 2. The first-order valence-electron chi connectivity index (χ1n) is 6.05. The van der Waals surface area contributed by atoms with Gasteiger partial charge in [0.2, 0.25) is 0 Å². The zero-order chi connectivity index (χ0) is 12.3. The largest absolute Gasteiger partial charge is 0.350 e. The molecule has 0 bridgehead atoms. The molecule has 0 atom stereocenters. The number of nitrogens with zero attached hydrogens (tertiary/aromatic N) is 2. The van der Waals surface area contributed by atoms with Crippen LogP contribution < -0.4 is 16.4 Å². The molecule has 0 aromatic rings. The zero-order valence-electron chi connectivity index (χ0n) is 9.82. The van der Waals surface area contributed by atoms with Gasteiger partial charge >= 0.3 is 12.1 Å². The van der Waals surface area contributed by atoms with Crippen LogP contribution in [0.5, 0.6) is 0 Å². The summed E-state index contributed by atoms with van der Waals surface area (Å²) in [6, 6.07) is -0.750. The Morgan fingerprint density at radius 1 is 1.35 bits per heavy atom. The molecule has 2 rings (SSSR count). The molecular formula is C10H19N5O2. The molecule has 4 N–H and O–H groups in total. The molecule has 0 spiro atoms. The number of primary amides is 1. The molecule has 2 aliphatic heterocycles. The number of carbonyl (C=O) groups is 2. The molecule has 0 radical (unpaired) electrons. The first-order valence-corrected chi connectivity index (χ1v) is 6.05. The third-order valence-electron chi connectivity index (χ3n) is 3.20. The van der Waals surface area contributed by atoms with Crippen molar-refractivity contribution in [1.29, 1.82) is 0 Å². The number of amides is 4. The molecule has 2 heterocycles. The van der Waals surface area contributed by atoms with Crippen molar-refractivity contribution in [3.63, 3.8) is 0 Å². The van der Waals surface area contributed by atoms with Gasteiger partial charge in [0.05, 0.1) is 6.04 Å². The summed E-state index contributed by atoms with van der Waals surface area (Å²) in [7, 11) is 0. The summed E-state index contributed by atoms with van der Waals surface area (Å²) < 4.78 is 0. The van der Waals surface area contributed by atoms with Gasteiger partial charge in [0, 0.05) is 13.1 Å². The Hall–Kier alpha value is -1.50. The molecule has 0 aliphatic carbocycles. The number of nitrogens with two attached hydrogens (primary N) is 1. The number of carbonyl (C=O) groups excluding carboxylic acids is 2. The van der Waals surface area contributed by atoms with E-state index in [9.17, 15) is 9.59 Å². The van der Waals surface area contributed by atoms with Crippen molar-refractivity contribution in [2.24, 2.45) is 5.73 Å². The van der Waals surface area contributed by atoms with E-state index in [4.69, 9.17) is 5.73 Å². The molecule has 0 aromatic heterocycles. The lowest BCUT2D eigenvalue weighted by Gasteiger charge is -2.42. The SMILES string of the molecule is NC(=O)N(C1CCNCC1)N1CCCNC1=O. The first kappa shape index (κ1) is 12.0. The van der Waals surface area contributed by atoms with Crippen molar-refractivity contribution in [3.8, 4) is 0 Å². The van der Waals surface area contributed by atoms with Crippen LogP contribution in [-0.2, 0) is 0 Å². The summed E-state index contributed by atoms with van der Waals surface area (Å²) in [5.41, 5.74) is 5.41. The van der Waals surface area contributed by atoms with Crippen LogP contribution in [0.4, 0.5) is 9.59 Å². The van der Waals surface area contributed by atoms with Gasteiger partial charge in [-0.15, -0.1) is 0 Å². The quantitative estimate of drug-likeness (QED) is 0.606. The van der Waals surface area contributed by atoms with E-state index in [2.05, 4.69) is 10.6 Å². The van der Waals surface area contributed by atoms with Crippen molar-refractivity contribution in [2.75, 3.05) is 26.2 Å².